The fraction of sp³-hybridized carbons (Fsp3) is 0.692. The monoisotopic (exact) mass is 283 g/mol. The van der Waals surface area contributed by atoms with Crippen molar-refractivity contribution in [2.45, 2.75) is 32.1 Å². The molecular weight excluding hydrogens is 258 g/mol. The highest BCUT2D eigenvalue weighted by Crippen LogP contribution is 2.38. The molecule has 0 aromatic rings. The van der Waals surface area contributed by atoms with E-state index in [0.29, 0.717) is 5.57 Å². The van der Waals surface area contributed by atoms with Gasteiger partial charge in [-0.15, -0.1) is 0 Å². The first-order valence-corrected chi connectivity index (χ1v) is 6.45. The minimum Gasteiger partial charge on any atom is -0.366 e. The van der Waals surface area contributed by atoms with Crippen LogP contribution in [0.5, 0.6) is 0 Å². The van der Waals surface area contributed by atoms with Crippen molar-refractivity contribution in [3.8, 4) is 0 Å². The SMILES string of the molecule is CNC(=O)N1C(C)(C)C(C(N)=O)=CN(C)C1(C)N(C)C. The summed E-state index contributed by atoms with van der Waals surface area (Å²) in [4.78, 5) is 29.5. The predicted molar refractivity (Wildman–Crippen MR) is 77.5 cm³/mol. The van der Waals surface area contributed by atoms with Gasteiger partial charge in [0.25, 0.3) is 0 Å². The Morgan fingerprint density at radius 2 is 1.80 bits per heavy atom. The van der Waals surface area contributed by atoms with Crippen LogP contribution in [-0.2, 0) is 4.79 Å². The largest absolute Gasteiger partial charge is 0.366 e. The molecule has 0 aromatic carbocycles. The molecule has 3 N–H and O–H groups in total. The Kier molecular flexibility index (Phi) is 4.05. The lowest BCUT2D eigenvalue weighted by Gasteiger charge is -2.59. The Labute approximate surface area is 120 Å². The van der Waals surface area contributed by atoms with Gasteiger partial charge in [-0.1, -0.05) is 0 Å². The van der Waals surface area contributed by atoms with Crippen LogP contribution in [0.3, 0.4) is 0 Å². The second-order valence-electron chi connectivity index (χ2n) is 5.83. The number of carbonyl (C=O) groups is 2. The van der Waals surface area contributed by atoms with Crippen molar-refractivity contribution in [2.75, 3.05) is 28.2 Å². The maximum Gasteiger partial charge on any atom is 0.320 e. The van der Waals surface area contributed by atoms with Crippen LogP contribution in [0.1, 0.15) is 20.8 Å². The highest BCUT2D eigenvalue weighted by Gasteiger charge is 2.53. The van der Waals surface area contributed by atoms with Crippen LogP contribution in [0.15, 0.2) is 11.8 Å². The molecule has 114 valence electrons. The summed E-state index contributed by atoms with van der Waals surface area (Å²) in [5.74, 6) is -1.25. The number of amides is 3. The molecule has 0 saturated heterocycles. The van der Waals surface area contributed by atoms with Gasteiger partial charge in [0.15, 0.2) is 5.79 Å². The maximum absolute atomic E-state index is 12.4. The van der Waals surface area contributed by atoms with Gasteiger partial charge in [-0.25, -0.2) is 4.79 Å². The molecule has 0 aliphatic carbocycles. The predicted octanol–water partition coefficient (Wildman–Crippen LogP) is -0.0437. The average molecular weight is 283 g/mol. The van der Waals surface area contributed by atoms with Crippen molar-refractivity contribution < 1.29 is 9.59 Å². The van der Waals surface area contributed by atoms with Gasteiger partial charge in [0.1, 0.15) is 0 Å². The van der Waals surface area contributed by atoms with Crippen molar-refractivity contribution in [3.05, 3.63) is 11.8 Å². The first-order chi connectivity index (χ1) is 9.01. The molecule has 0 aromatic heterocycles. The number of rotatable bonds is 2. The topological polar surface area (TPSA) is 81.9 Å². The molecule has 1 atom stereocenters. The summed E-state index contributed by atoms with van der Waals surface area (Å²) in [5, 5.41) is 2.63. The molecule has 1 heterocycles. The van der Waals surface area contributed by atoms with Gasteiger partial charge in [-0.2, -0.15) is 0 Å². The van der Waals surface area contributed by atoms with E-state index in [2.05, 4.69) is 5.32 Å². The first-order valence-electron chi connectivity index (χ1n) is 6.45. The summed E-state index contributed by atoms with van der Waals surface area (Å²) in [7, 11) is 7.14. The molecule has 0 saturated carbocycles. The summed E-state index contributed by atoms with van der Waals surface area (Å²) >= 11 is 0. The smallest absolute Gasteiger partial charge is 0.320 e. The molecular formula is C13H25N5O2. The second kappa shape index (κ2) is 4.97. The Balaban J connectivity index is 3.57. The molecule has 3 amide bonds. The molecule has 0 radical (unpaired) electrons. The summed E-state index contributed by atoms with van der Waals surface area (Å²) in [6.45, 7) is 5.54. The molecule has 1 aliphatic heterocycles. The number of carbonyl (C=O) groups excluding carboxylic acids is 2. The van der Waals surface area contributed by atoms with Crippen molar-refractivity contribution >= 4 is 11.9 Å². The lowest BCUT2D eigenvalue weighted by molar-refractivity contribution is -0.133. The zero-order chi connectivity index (χ0) is 15.9. The number of hydrogen-bond donors (Lipinski definition) is 2. The number of nitrogens with zero attached hydrogens (tertiary/aromatic N) is 3. The molecule has 0 fully saturated rings. The van der Waals surface area contributed by atoms with Crippen LogP contribution in [0.4, 0.5) is 4.79 Å². The lowest BCUT2D eigenvalue weighted by Crippen LogP contribution is -2.75. The fourth-order valence-corrected chi connectivity index (χ4v) is 2.72. The van der Waals surface area contributed by atoms with E-state index >= 15 is 0 Å². The number of nitrogens with two attached hydrogens (primary N) is 1. The van der Waals surface area contributed by atoms with Crippen molar-refractivity contribution in [2.24, 2.45) is 5.73 Å². The summed E-state index contributed by atoms with van der Waals surface area (Å²) < 4.78 is 0. The second-order valence-corrected chi connectivity index (χ2v) is 5.83. The molecule has 1 aliphatic rings. The first kappa shape index (κ1) is 16.3. The van der Waals surface area contributed by atoms with E-state index in [4.69, 9.17) is 5.73 Å². The Hall–Kier alpha value is -1.76. The summed E-state index contributed by atoms with van der Waals surface area (Å²) in [6, 6.07) is -0.273. The van der Waals surface area contributed by atoms with Crippen LogP contribution in [-0.4, -0.2) is 66.2 Å². The van der Waals surface area contributed by atoms with Crippen LogP contribution < -0.4 is 11.1 Å². The van der Waals surface area contributed by atoms with Gasteiger partial charge in [0, 0.05) is 20.3 Å². The average Bonchev–Trinajstić information content (AvgIpc) is 2.32. The van der Waals surface area contributed by atoms with Crippen molar-refractivity contribution in [3.63, 3.8) is 0 Å². The van der Waals surface area contributed by atoms with E-state index in [1.165, 1.54) is 0 Å². The third-order valence-corrected chi connectivity index (χ3v) is 4.16. The van der Waals surface area contributed by atoms with Crippen molar-refractivity contribution in [1.82, 2.24) is 20.0 Å². The van der Waals surface area contributed by atoms with Gasteiger partial charge in [-0.05, 0) is 34.9 Å². The van der Waals surface area contributed by atoms with E-state index < -0.39 is 17.2 Å². The van der Waals surface area contributed by atoms with Gasteiger partial charge < -0.3 is 16.0 Å². The summed E-state index contributed by atoms with van der Waals surface area (Å²) in [6.07, 6.45) is 1.71. The Morgan fingerprint density at radius 3 is 2.15 bits per heavy atom. The minimum absolute atomic E-state index is 0.273. The van der Waals surface area contributed by atoms with E-state index in [1.54, 1.807) is 18.1 Å². The molecule has 7 nitrogen and oxygen atoms in total. The third kappa shape index (κ3) is 2.11. The maximum atomic E-state index is 12.4. The number of nitrogens with one attached hydrogen (secondary N) is 1. The van der Waals surface area contributed by atoms with Gasteiger partial charge in [0.05, 0.1) is 11.1 Å². The van der Waals surface area contributed by atoms with Crippen LogP contribution in [0.2, 0.25) is 0 Å². The normalized spacial score (nSPS) is 25.5. The number of hydrogen-bond acceptors (Lipinski definition) is 4. The zero-order valence-electron chi connectivity index (χ0n) is 13.3. The van der Waals surface area contributed by atoms with E-state index in [9.17, 15) is 9.59 Å². The van der Waals surface area contributed by atoms with Gasteiger partial charge >= 0.3 is 6.03 Å². The molecule has 0 spiro atoms. The van der Waals surface area contributed by atoms with E-state index in [-0.39, 0.29) is 6.03 Å². The third-order valence-electron chi connectivity index (χ3n) is 4.16. The van der Waals surface area contributed by atoms with Crippen molar-refractivity contribution in [1.29, 1.82) is 0 Å². The van der Waals surface area contributed by atoms with Crippen LogP contribution >= 0.6 is 0 Å². The lowest BCUT2D eigenvalue weighted by atomic mass is 9.87. The highest BCUT2D eigenvalue weighted by atomic mass is 16.2. The molecule has 20 heavy (non-hydrogen) atoms. The molecule has 0 bridgehead atoms. The standard InChI is InChI=1S/C13H25N5O2/c1-12(2)9(10(14)19)8-17(7)13(3,16(5)6)18(12)11(20)15-4/h8H,1-7H3,(H2,14,19)(H,15,20). The summed E-state index contributed by atoms with van der Waals surface area (Å²) in [5.41, 5.74) is 5.04. The number of urea groups is 1. The van der Waals surface area contributed by atoms with Gasteiger partial charge in [-0.3, -0.25) is 14.6 Å². The quantitative estimate of drug-likeness (QED) is 0.745. The number of primary amides is 1. The van der Waals surface area contributed by atoms with Crippen LogP contribution in [0.25, 0.3) is 0 Å². The Morgan fingerprint density at radius 1 is 1.30 bits per heavy atom. The minimum atomic E-state index is -0.822. The molecule has 7 heteroatoms. The van der Waals surface area contributed by atoms with E-state index in [1.807, 2.05) is 51.7 Å². The zero-order valence-corrected chi connectivity index (χ0v) is 13.3. The van der Waals surface area contributed by atoms with E-state index in [0.717, 1.165) is 0 Å². The molecule has 1 unspecified atom stereocenters. The molecule has 1 rings (SSSR count). The highest BCUT2D eigenvalue weighted by molar-refractivity contribution is 5.95. The fourth-order valence-electron chi connectivity index (χ4n) is 2.72. The van der Waals surface area contributed by atoms with Crippen LogP contribution in [0, 0.1) is 0 Å². The Bertz CT molecular complexity index is 458. The van der Waals surface area contributed by atoms with Gasteiger partial charge in [0.2, 0.25) is 5.91 Å².